The monoisotopic (exact) mass is 480 g/mol. The summed E-state index contributed by atoms with van der Waals surface area (Å²) in [7, 11) is 0. The van der Waals surface area contributed by atoms with Gasteiger partial charge >= 0.3 is 0 Å². The van der Waals surface area contributed by atoms with E-state index >= 15 is 0 Å². The molecule has 0 bridgehead atoms. The van der Waals surface area contributed by atoms with Crippen molar-refractivity contribution in [3.63, 3.8) is 0 Å². The predicted octanol–water partition coefficient (Wildman–Crippen LogP) is 4.93. The molecule has 1 amide bonds. The average Bonchev–Trinajstić information content (AvgIpc) is 3.36. The van der Waals surface area contributed by atoms with Crippen molar-refractivity contribution < 1.29 is 19.0 Å². The van der Waals surface area contributed by atoms with Gasteiger partial charge in [0.15, 0.2) is 0 Å². The first kappa shape index (κ1) is 24.3. The Bertz CT molecular complexity index is 982. The van der Waals surface area contributed by atoms with Crippen molar-refractivity contribution in [2.45, 2.75) is 56.7 Å². The number of benzene rings is 2. The summed E-state index contributed by atoms with van der Waals surface area (Å²) < 4.78 is 20.4. The lowest BCUT2D eigenvalue weighted by atomic mass is 9.81. The molecule has 188 valence electrons. The van der Waals surface area contributed by atoms with Gasteiger partial charge in [0.25, 0.3) is 5.91 Å². The molecule has 1 saturated carbocycles. The van der Waals surface area contributed by atoms with Crippen LogP contribution in [0.5, 0.6) is 5.75 Å². The number of carbonyl (C=O) groups excluding carboxylic acids is 1. The van der Waals surface area contributed by atoms with E-state index in [0.29, 0.717) is 31.2 Å². The maximum absolute atomic E-state index is 14.4. The number of rotatable bonds is 8. The molecule has 6 heteroatoms. The number of amides is 1. The van der Waals surface area contributed by atoms with Gasteiger partial charge in [-0.25, -0.2) is 4.39 Å². The number of nitrogens with zero attached hydrogens (tertiary/aromatic N) is 2. The van der Waals surface area contributed by atoms with Crippen LogP contribution in [0.2, 0.25) is 0 Å². The second-order valence-electron chi connectivity index (χ2n) is 10.6. The van der Waals surface area contributed by atoms with Crippen LogP contribution in [0.3, 0.4) is 0 Å². The van der Waals surface area contributed by atoms with Gasteiger partial charge in [-0.1, -0.05) is 24.3 Å². The molecule has 3 fully saturated rings. The van der Waals surface area contributed by atoms with Crippen LogP contribution in [0.4, 0.5) is 4.39 Å². The fourth-order valence-electron chi connectivity index (χ4n) is 5.65. The van der Waals surface area contributed by atoms with Gasteiger partial charge < -0.3 is 19.6 Å². The summed E-state index contributed by atoms with van der Waals surface area (Å²) in [5, 5.41) is 9.50. The number of piperidine rings is 1. The van der Waals surface area contributed by atoms with Crippen LogP contribution in [0.1, 0.15) is 55.3 Å². The number of alkyl halides is 1. The summed E-state index contributed by atoms with van der Waals surface area (Å²) in [4.78, 5) is 16.9. The number of aliphatic hydroxyl groups excluding tert-OH is 1. The second-order valence-corrected chi connectivity index (χ2v) is 10.6. The van der Waals surface area contributed by atoms with E-state index in [0.717, 1.165) is 74.9 Å². The molecule has 0 radical (unpaired) electrons. The zero-order valence-electron chi connectivity index (χ0n) is 20.5. The van der Waals surface area contributed by atoms with Crippen molar-refractivity contribution in [3.8, 4) is 16.9 Å². The molecule has 2 heterocycles. The Hall–Kier alpha value is -2.44. The first-order chi connectivity index (χ1) is 17.0. The third-order valence-electron chi connectivity index (χ3n) is 8.12. The number of aliphatic hydroxyl groups is 1. The molecular formula is C29H37FN2O3. The summed E-state index contributed by atoms with van der Waals surface area (Å²) >= 11 is 0. The van der Waals surface area contributed by atoms with E-state index in [1.807, 2.05) is 36.4 Å². The quantitative estimate of drug-likeness (QED) is 0.582. The van der Waals surface area contributed by atoms with Crippen LogP contribution in [0, 0.1) is 5.92 Å². The molecular weight excluding hydrogens is 443 g/mol. The van der Waals surface area contributed by atoms with E-state index in [1.165, 1.54) is 0 Å². The highest BCUT2D eigenvalue weighted by atomic mass is 19.1. The molecule has 1 N–H and O–H groups in total. The van der Waals surface area contributed by atoms with Crippen molar-refractivity contribution in [1.82, 2.24) is 9.80 Å². The lowest BCUT2D eigenvalue weighted by molar-refractivity contribution is 0.00740. The molecule has 2 saturated heterocycles. The summed E-state index contributed by atoms with van der Waals surface area (Å²) in [5.74, 6) is 1.38. The molecule has 0 unspecified atom stereocenters. The normalized spacial score (nSPS) is 22.7. The molecule has 2 aliphatic heterocycles. The zero-order valence-corrected chi connectivity index (χ0v) is 20.5. The lowest BCUT2D eigenvalue weighted by Crippen LogP contribution is -2.47. The standard InChI is InChI=1S/C29H37FN2O3/c30-29(14-2-15-29)21-31-17-12-22(13-18-31)20-35-27-10-8-24(9-11-27)23-4-6-25(7-5-23)28(34)32-16-1-3-26(32)19-33/h4-11,22,26,33H,1-3,12-21H2/t26-/m1/s1. The average molecular weight is 481 g/mol. The topological polar surface area (TPSA) is 53.0 Å². The Morgan fingerprint density at radius 2 is 1.60 bits per heavy atom. The summed E-state index contributed by atoms with van der Waals surface area (Å²) in [6.45, 7) is 3.99. The first-order valence-corrected chi connectivity index (χ1v) is 13.2. The summed E-state index contributed by atoms with van der Waals surface area (Å²) in [5.41, 5.74) is 1.88. The van der Waals surface area contributed by atoms with E-state index in [9.17, 15) is 14.3 Å². The number of halogens is 1. The van der Waals surface area contributed by atoms with Crippen LogP contribution in [0.25, 0.3) is 11.1 Å². The van der Waals surface area contributed by atoms with E-state index in [2.05, 4.69) is 17.0 Å². The molecule has 35 heavy (non-hydrogen) atoms. The van der Waals surface area contributed by atoms with Crippen molar-refractivity contribution in [2.75, 3.05) is 39.4 Å². The first-order valence-electron chi connectivity index (χ1n) is 13.2. The molecule has 2 aromatic rings. The van der Waals surface area contributed by atoms with Gasteiger partial charge in [-0.05, 0) is 99.3 Å². The fourth-order valence-corrected chi connectivity index (χ4v) is 5.65. The predicted molar refractivity (Wildman–Crippen MR) is 135 cm³/mol. The molecule has 0 aromatic heterocycles. The third-order valence-corrected chi connectivity index (χ3v) is 8.12. The minimum Gasteiger partial charge on any atom is -0.493 e. The highest BCUT2D eigenvalue weighted by Crippen LogP contribution is 2.37. The molecule has 3 aliphatic rings. The Morgan fingerprint density at radius 3 is 2.20 bits per heavy atom. The maximum atomic E-state index is 14.4. The van der Waals surface area contributed by atoms with Gasteiger partial charge in [0.2, 0.25) is 0 Å². The maximum Gasteiger partial charge on any atom is 0.254 e. The number of likely N-dealkylation sites (tertiary alicyclic amines) is 2. The van der Waals surface area contributed by atoms with Crippen LogP contribution in [-0.4, -0.2) is 71.9 Å². The van der Waals surface area contributed by atoms with Gasteiger partial charge in [0.1, 0.15) is 11.4 Å². The van der Waals surface area contributed by atoms with Crippen LogP contribution in [-0.2, 0) is 0 Å². The number of hydrogen-bond donors (Lipinski definition) is 1. The van der Waals surface area contributed by atoms with Crippen molar-refractivity contribution in [1.29, 1.82) is 0 Å². The molecule has 0 spiro atoms. The van der Waals surface area contributed by atoms with E-state index in [-0.39, 0.29) is 18.6 Å². The Kier molecular flexibility index (Phi) is 7.40. The minimum absolute atomic E-state index is 0.00470. The van der Waals surface area contributed by atoms with Crippen molar-refractivity contribution >= 4 is 5.91 Å². The van der Waals surface area contributed by atoms with E-state index < -0.39 is 5.67 Å². The zero-order chi connectivity index (χ0) is 24.3. The largest absolute Gasteiger partial charge is 0.493 e. The van der Waals surface area contributed by atoms with E-state index in [4.69, 9.17) is 4.74 Å². The number of carbonyl (C=O) groups is 1. The highest BCUT2D eigenvalue weighted by molar-refractivity contribution is 5.95. The summed E-state index contributed by atoms with van der Waals surface area (Å²) in [6, 6.07) is 15.8. The van der Waals surface area contributed by atoms with Gasteiger partial charge in [0.05, 0.1) is 19.3 Å². The van der Waals surface area contributed by atoms with Gasteiger partial charge in [-0.3, -0.25) is 4.79 Å². The smallest absolute Gasteiger partial charge is 0.254 e. The number of hydrogen-bond acceptors (Lipinski definition) is 4. The van der Waals surface area contributed by atoms with Gasteiger partial charge in [-0.2, -0.15) is 0 Å². The van der Waals surface area contributed by atoms with Crippen LogP contribution >= 0.6 is 0 Å². The van der Waals surface area contributed by atoms with E-state index in [1.54, 1.807) is 4.90 Å². The fraction of sp³-hybridized carbons (Fsp3) is 0.552. The van der Waals surface area contributed by atoms with Gasteiger partial charge in [0, 0.05) is 18.7 Å². The van der Waals surface area contributed by atoms with Crippen LogP contribution in [0.15, 0.2) is 48.5 Å². The Morgan fingerprint density at radius 1 is 0.943 bits per heavy atom. The second kappa shape index (κ2) is 10.7. The Labute approximate surface area is 207 Å². The summed E-state index contributed by atoms with van der Waals surface area (Å²) in [6.07, 6.45) is 6.45. The third kappa shape index (κ3) is 5.70. The Balaban J connectivity index is 1.09. The van der Waals surface area contributed by atoms with Gasteiger partial charge in [-0.15, -0.1) is 0 Å². The molecule has 2 aromatic carbocycles. The molecule has 5 rings (SSSR count). The van der Waals surface area contributed by atoms with Crippen LogP contribution < -0.4 is 4.74 Å². The number of ether oxygens (including phenoxy) is 1. The molecule has 5 nitrogen and oxygen atoms in total. The molecule has 1 atom stereocenters. The van der Waals surface area contributed by atoms with Crippen molar-refractivity contribution in [2.24, 2.45) is 5.92 Å². The highest BCUT2D eigenvalue weighted by Gasteiger charge is 2.39. The van der Waals surface area contributed by atoms with Crippen molar-refractivity contribution in [3.05, 3.63) is 54.1 Å². The lowest BCUT2D eigenvalue weighted by Gasteiger charge is -2.41. The minimum atomic E-state index is -0.919. The molecule has 1 aliphatic carbocycles. The SMILES string of the molecule is O=C(c1ccc(-c2ccc(OCC3CCN(CC4(F)CCC4)CC3)cc2)cc1)N1CCC[C@@H]1CO.